The highest BCUT2D eigenvalue weighted by Crippen LogP contribution is 2.07. The quantitative estimate of drug-likeness (QED) is 0.551. The monoisotopic (exact) mass is 265 g/mol. The standard InChI is InChI=1S/C15H23NO3/c1-3-4-9-18-10-11-19-15(17)12-16-14-7-5-13(2)6-8-14/h5-8,16H,3-4,9-12H2,1-2H3. The molecule has 0 fully saturated rings. The molecule has 4 heteroatoms. The van der Waals surface area contributed by atoms with Crippen LogP contribution in [0.2, 0.25) is 0 Å². The second-order valence-electron chi connectivity index (χ2n) is 4.41. The van der Waals surface area contributed by atoms with Crippen LogP contribution in [0, 0.1) is 6.92 Å². The highest BCUT2D eigenvalue weighted by molar-refractivity contribution is 5.74. The van der Waals surface area contributed by atoms with Gasteiger partial charge >= 0.3 is 5.97 Å². The van der Waals surface area contributed by atoms with Gasteiger partial charge in [-0.2, -0.15) is 0 Å². The number of ether oxygens (including phenoxy) is 2. The smallest absolute Gasteiger partial charge is 0.325 e. The average Bonchev–Trinajstić information content (AvgIpc) is 2.42. The average molecular weight is 265 g/mol. The first-order valence-electron chi connectivity index (χ1n) is 6.76. The minimum atomic E-state index is -0.264. The predicted molar refractivity (Wildman–Crippen MR) is 76.4 cm³/mol. The van der Waals surface area contributed by atoms with Crippen molar-refractivity contribution in [3.63, 3.8) is 0 Å². The Hall–Kier alpha value is -1.55. The Morgan fingerprint density at radius 1 is 1.16 bits per heavy atom. The van der Waals surface area contributed by atoms with Crippen LogP contribution in [-0.4, -0.2) is 32.3 Å². The Morgan fingerprint density at radius 2 is 1.89 bits per heavy atom. The number of aryl methyl sites for hydroxylation is 1. The lowest BCUT2D eigenvalue weighted by Crippen LogP contribution is -2.19. The Morgan fingerprint density at radius 3 is 2.58 bits per heavy atom. The van der Waals surface area contributed by atoms with Gasteiger partial charge in [0.1, 0.15) is 13.2 Å². The summed E-state index contributed by atoms with van der Waals surface area (Å²) >= 11 is 0. The summed E-state index contributed by atoms with van der Waals surface area (Å²) in [6.07, 6.45) is 2.16. The van der Waals surface area contributed by atoms with Crippen molar-refractivity contribution < 1.29 is 14.3 Å². The topological polar surface area (TPSA) is 47.6 Å². The molecule has 106 valence electrons. The van der Waals surface area contributed by atoms with E-state index in [1.165, 1.54) is 5.56 Å². The number of esters is 1. The lowest BCUT2D eigenvalue weighted by atomic mass is 10.2. The Balaban J connectivity index is 2.06. The summed E-state index contributed by atoms with van der Waals surface area (Å²) in [7, 11) is 0. The molecule has 0 amide bonds. The summed E-state index contributed by atoms with van der Waals surface area (Å²) in [6, 6.07) is 7.87. The molecule has 19 heavy (non-hydrogen) atoms. The van der Waals surface area contributed by atoms with Crippen LogP contribution in [0.25, 0.3) is 0 Å². The van der Waals surface area contributed by atoms with Crippen molar-refractivity contribution in [3.8, 4) is 0 Å². The van der Waals surface area contributed by atoms with Crippen molar-refractivity contribution >= 4 is 11.7 Å². The number of carbonyl (C=O) groups excluding carboxylic acids is 1. The molecule has 0 spiro atoms. The minimum absolute atomic E-state index is 0.179. The van der Waals surface area contributed by atoms with E-state index in [0.717, 1.165) is 25.1 Å². The zero-order valence-corrected chi connectivity index (χ0v) is 11.8. The van der Waals surface area contributed by atoms with Crippen molar-refractivity contribution in [2.75, 3.05) is 31.7 Å². The van der Waals surface area contributed by atoms with Gasteiger partial charge in [0.05, 0.1) is 6.61 Å². The minimum Gasteiger partial charge on any atom is -0.462 e. The number of hydrogen-bond acceptors (Lipinski definition) is 4. The lowest BCUT2D eigenvalue weighted by Gasteiger charge is -2.08. The van der Waals surface area contributed by atoms with Crippen molar-refractivity contribution in [1.82, 2.24) is 0 Å². The fourth-order valence-corrected chi connectivity index (χ4v) is 1.46. The van der Waals surface area contributed by atoms with Crippen LogP contribution in [0.5, 0.6) is 0 Å². The number of anilines is 1. The molecule has 1 N–H and O–H groups in total. The van der Waals surface area contributed by atoms with Gasteiger partial charge < -0.3 is 14.8 Å². The molecular formula is C15H23NO3. The normalized spacial score (nSPS) is 10.2. The fraction of sp³-hybridized carbons (Fsp3) is 0.533. The van der Waals surface area contributed by atoms with E-state index in [-0.39, 0.29) is 12.5 Å². The van der Waals surface area contributed by atoms with Crippen LogP contribution in [0.4, 0.5) is 5.69 Å². The summed E-state index contributed by atoms with van der Waals surface area (Å²) in [5.41, 5.74) is 2.11. The number of hydrogen-bond donors (Lipinski definition) is 1. The Kier molecular flexibility index (Phi) is 7.66. The first-order valence-corrected chi connectivity index (χ1v) is 6.76. The van der Waals surface area contributed by atoms with Gasteiger partial charge in [-0.05, 0) is 25.5 Å². The number of nitrogens with one attached hydrogen (secondary N) is 1. The van der Waals surface area contributed by atoms with E-state index in [1.807, 2.05) is 31.2 Å². The third-order valence-corrected chi connectivity index (χ3v) is 2.62. The molecule has 0 saturated heterocycles. The van der Waals surface area contributed by atoms with E-state index in [2.05, 4.69) is 12.2 Å². The maximum absolute atomic E-state index is 11.4. The molecule has 0 saturated carbocycles. The molecule has 1 aromatic carbocycles. The van der Waals surface area contributed by atoms with Crippen LogP contribution >= 0.6 is 0 Å². The van der Waals surface area contributed by atoms with Gasteiger partial charge in [-0.25, -0.2) is 0 Å². The van der Waals surface area contributed by atoms with Gasteiger partial charge in [0, 0.05) is 12.3 Å². The summed E-state index contributed by atoms with van der Waals surface area (Å²) < 4.78 is 10.3. The van der Waals surface area contributed by atoms with Crippen LogP contribution in [0.1, 0.15) is 25.3 Å². The molecule has 0 atom stereocenters. The maximum atomic E-state index is 11.4. The summed E-state index contributed by atoms with van der Waals surface area (Å²) in [4.78, 5) is 11.4. The SMILES string of the molecule is CCCCOCCOC(=O)CNc1ccc(C)cc1. The van der Waals surface area contributed by atoms with Gasteiger partial charge in [0.25, 0.3) is 0 Å². The molecule has 0 unspecified atom stereocenters. The molecule has 0 heterocycles. The van der Waals surface area contributed by atoms with Gasteiger partial charge in [-0.15, -0.1) is 0 Å². The Bertz CT molecular complexity index is 362. The molecule has 1 aromatic rings. The Labute approximate surface area is 115 Å². The molecule has 4 nitrogen and oxygen atoms in total. The molecule has 0 aliphatic rings. The summed E-state index contributed by atoms with van der Waals surface area (Å²) in [5, 5.41) is 3.02. The van der Waals surface area contributed by atoms with E-state index >= 15 is 0 Å². The largest absolute Gasteiger partial charge is 0.462 e. The van der Waals surface area contributed by atoms with E-state index < -0.39 is 0 Å². The number of unbranched alkanes of at least 4 members (excludes halogenated alkanes) is 1. The second-order valence-corrected chi connectivity index (χ2v) is 4.41. The van der Waals surface area contributed by atoms with Crippen LogP contribution < -0.4 is 5.32 Å². The predicted octanol–water partition coefficient (Wildman–Crippen LogP) is 2.77. The van der Waals surface area contributed by atoms with Crippen molar-refractivity contribution in [1.29, 1.82) is 0 Å². The molecule has 0 bridgehead atoms. The number of carbonyl (C=O) groups is 1. The first kappa shape index (κ1) is 15.5. The molecule has 0 aromatic heterocycles. The number of benzene rings is 1. The maximum Gasteiger partial charge on any atom is 0.325 e. The van der Waals surface area contributed by atoms with E-state index in [0.29, 0.717) is 13.2 Å². The molecular weight excluding hydrogens is 242 g/mol. The van der Waals surface area contributed by atoms with Gasteiger partial charge in [0.15, 0.2) is 0 Å². The molecule has 0 aliphatic heterocycles. The van der Waals surface area contributed by atoms with E-state index in [4.69, 9.17) is 9.47 Å². The molecule has 0 radical (unpaired) electrons. The zero-order chi connectivity index (χ0) is 13.9. The van der Waals surface area contributed by atoms with Gasteiger partial charge in [-0.3, -0.25) is 4.79 Å². The van der Waals surface area contributed by atoms with Crippen LogP contribution in [0.15, 0.2) is 24.3 Å². The van der Waals surface area contributed by atoms with Gasteiger partial charge in [0.2, 0.25) is 0 Å². The van der Waals surface area contributed by atoms with Crippen molar-refractivity contribution in [3.05, 3.63) is 29.8 Å². The second kappa shape index (κ2) is 9.39. The van der Waals surface area contributed by atoms with Gasteiger partial charge in [-0.1, -0.05) is 31.0 Å². The zero-order valence-electron chi connectivity index (χ0n) is 11.8. The highest BCUT2D eigenvalue weighted by Gasteiger charge is 2.02. The molecule has 1 rings (SSSR count). The van der Waals surface area contributed by atoms with E-state index in [9.17, 15) is 4.79 Å². The third-order valence-electron chi connectivity index (χ3n) is 2.62. The van der Waals surface area contributed by atoms with Crippen molar-refractivity contribution in [2.24, 2.45) is 0 Å². The van der Waals surface area contributed by atoms with Crippen LogP contribution in [-0.2, 0) is 14.3 Å². The first-order chi connectivity index (χ1) is 9.22. The molecule has 0 aliphatic carbocycles. The van der Waals surface area contributed by atoms with Crippen molar-refractivity contribution in [2.45, 2.75) is 26.7 Å². The highest BCUT2D eigenvalue weighted by atomic mass is 16.6. The van der Waals surface area contributed by atoms with Crippen LogP contribution in [0.3, 0.4) is 0 Å². The summed E-state index contributed by atoms with van der Waals surface area (Å²) in [6.45, 7) is 5.83. The third kappa shape index (κ3) is 7.47. The summed E-state index contributed by atoms with van der Waals surface area (Å²) in [5.74, 6) is -0.264. The fourth-order valence-electron chi connectivity index (χ4n) is 1.46. The van der Waals surface area contributed by atoms with E-state index in [1.54, 1.807) is 0 Å². The lowest BCUT2D eigenvalue weighted by molar-refractivity contribution is -0.143. The number of rotatable bonds is 9.